The number of rotatable bonds is 5. The van der Waals surface area contributed by atoms with E-state index in [-0.39, 0.29) is 17.6 Å². The summed E-state index contributed by atoms with van der Waals surface area (Å²) in [4.78, 5) is 8.16. The van der Waals surface area contributed by atoms with E-state index < -0.39 is 10.0 Å². The van der Waals surface area contributed by atoms with Gasteiger partial charge in [-0.2, -0.15) is 4.98 Å². The summed E-state index contributed by atoms with van der Waals surface area (Å²) >= 11 is 0. The van der Waals surface area contributed by atoms with Crippen LogP contribution in [-0.4, -0.2) is 37.2 Å². The fourth-order valence-corrected chi connectivity index (χ4v) is 3.78. The minimum absolute atomic E-state index is 0.218. The van der Waals surface area contributed by atoms with Crippen molar-refractivity contribution in [3.63, 3.8) is 0 Å². The average molecular weight is 313 g/mol. The lowest BCUT2D eigenvalue weighted by Gasteiger charge is -2.29. The molecule has 118 valence electrons. The van der Waals surface area contributed by atoms with E-state index in [1.54, 1.807) is 6.20 Å². The number of hydrogen-bond acceptors (Lipinski definition) is 6. The molecular weight excluding hydrogens is 290 g/mol. The molecule has 1 aliphatic rings. The molecule has 1 aliphatic carbocycles. The highest BCUT2D eigenvalue weighted by Gasteiger charge is 2.25. The van der Waals surface area contributed by atoms with Crippen LogP contribution in [-0.2, 0) is 10.0 Å². The van der Waals surface area contributed by atoms with E-state index in [9.17, 15) is 8.42 Å². The van der Waals surface area contributed by atoms with Gasteiger partial charge in [0.25, 0.3) is 0 Å². The second-order valence-electron chi connectivity index (χ2n) is 5.61. The number of nitrogens with two attached hydrogens (primary N) is 1. The van der Waals surface area contributed by atoms with Crippen molar-refractivity contribution >= 4 is 21.8 Å². The number of nitrogen functional groups attached to an aromatic ring is 1. The molecule has 0 aromatic carbocycles. The molecule has 8 heteroatoms. The summed E-state index contributed by atoms with van der Waals surface area (Å²) in [7, 11) is -1.65. The fourth-order valence-electron chi connectivity index (χ4n) is 2.66. The molecule has 1 heterocycles. The summed E-state index contributed by atoms with van der Waals surface area (Å²) in [5.41, 5.74) is 6.57. The maximum atomic E-state index is 11.6. The zero-order chi connectivity index (χ0) is 15.5. The summed E-state index contributed by atoms with van der Waals surface area (Å²) in [5.74, 6) is 1.48. The molecule has 7 nitrogen and oxygen atoms in total. The Morgan fingerprint density at radius 2 is 2.00 bits per heavy atom. The average Bonchev–Trinajstić information content (AvgIpc) is 2.45. The molecule has 1 aromatic heterocycles. The number of aryl methyl sites for hydroxylation is 1. The van der Waals surface area contributed by atoms with Crippen LogP contribution in [0.5, 0.6) is 0 Å². The van der Waals surface area contributed by atoms with E-state index in [0.29, 0.717) is 6.04 Å². The number of sulfonamides is 1. The number of aromatic nitrogens is 2. The second kappa shape index (κ2) is 6.57. The zero-order valence-corrected chi connectivity index (χ0v) is 13.3. The molecule has 2 rings (SSSR count). The Bertz CT molecular complexity index is 582. The molecule has 0 saturated heterocycles. The Balaban J connectivity index is 1.88. The van der Waals surface area contributed by atoms with Crippen LogP contribution in [0.25, 0.3) is 0 Å². The Kier molecular flexibility index (Phi) is 5.00. The summed E-state index contributed by atoms with van der Waals surface area (Å²) < 4.78 is 25.5. The minimum Gasteiger partial charge on any atom is -0.368 e. The van der Waals surface area contributed by atoms with Gasteiger partial charge >= 0.3 is 0 Å². The summed E-state index contributed by atoms with van der Waals surface area (Å²) in [6.45, 7) is 1.94. The SMILES string of the molecule is CNS(=O)(=O)C[C@H]1CC[C@H](Nc2nc(N)ncc2C)CC1. The van der Waals surface area contributed by atoms with Crippen LogP contribution in [0.1, 0.15) is 31.2 Å². The molecule has 0 aliphatic heterocycles. The van der Waals surface area contributed by atoms with E-state index in [1.165, 1.54) is 7.05 Å². The first-order valence-electron chi connectivity index (χ1n) is 7.16. The molecule has 0 bridgehead atoms. The number of anilines is 2. The highest BCUT2D eigenvalue weighted by atomic mass is 32.2. The molecule has 1 saturated carbocycles. The quantitative estimate of drug-likeness (QED) is 0.744. The lowest BCUT2D eigenvalue weighted by Crippen LogP contribution is -2.32. The van der Waals surface area contributed by atoms with E-state index in [4.69, 9.17) is 5.73 Å². The molecule has 21 heavy (non-hydrogen) atoms. The maximum absolute atomic E-state index is 11.6. The lowest BCUT2D eigenvalue weighted by atomic mass is 9.87. The van der Waals surface area contributed by atoms with Crippen molar-refractivity contribution in [1.29, 1.82) is 0 Å². The van der Waals surface area contributed by atoms with Crippen molar-refractivity contribution in [2.24, 2.45) is 5.92 Å². The van der Waals surface area contributed by atoms with Crippen molar-refractivity contribution in [3.05, 3.63) is 11.8 Å². The summed E-state index contributed by atoms with van der Waals surface area (Å²) in [6, 6.07) is 0.312. The summed E-state index contributed by atoms with van der Waals surface area (Å²) in [6.07, 6.45) is 5.38. The third kappa shape index (κ3) is 4.53. The molecule has 1 aromatic rings. The Morgan fingerprint density at radius 1 is 1.33 bits per heavy atom. The Hall–Kier alpha value is -1.41. The van der Waals surface area contributed by atoms with Crippen molar-refractivity contribution in [1.82, 2.24) is 14.7 Å². The zero-order valence-electron chi connectivity index (χ0n) is 12.5. The molecule has 0 spiro atoms. The van der Waals surface area contributed by atoms with Crippen molar-refractivity contribution < 1.29 is 8.42 Å². The number of hydrogen-bond donors (Lipinski definition) is 3. The van der Waals surface area contributed by atoms with E-state index in [1.807, 2.05) is 6.92 Å². The minimum atomic E-state index is -3.12. The van der Waals surface area contributed by atoms with Crippen LogP contribution in [0, 0.1) is 12.8 Å². The highest BCUT2D eigenvalue weighted by molar-refractivity contribution is 7.89. The second-order valence-corrected chi connectivity index (χ2v) is 7.58. The molecule has 0 unspecified atom stereocenters. The molecule has 1 fully saturated rings. The third-order valence-electron chi connectivity index (χ3n) is 3.94. The monoisotopic (exact) mass is 313 g/mol. The van der Waals surface area contributed by atoms with Gasteiger partial charge in [0.05, 0.1) is 5.75 Å². The van der Waals surface area contributed by atoms with Crippen molar-refractivity contribution in [2.75, 3.05) is 23.9 Å². The molecule has 0 amide bonds. The lowest BCUT2D eigenvalue weighted by molar-refractivity contribution is 0.360. The van der Waals surface area contributed by atoms with Crippen LogP contribution in [0.4, 0.5) is 11.8 Å². The van der Waals surface area contributed by atoms with Crippen molar-refractivity contribution in [3.8, 4) is 0 Å². The first-order chi connectivity index (χ1) is 9.89. The predicted octanol–water partition coefficient (Wildman–Crippen LogP) is 0.887. The van der Waals surface area contributed by atoms with Gasteiger partial charge in [-0.05, 0) is 45.6 Å². The van der Waals surface area contributed by atoms with Gasteiger partial charge in [-0.3, -0.25) is 0 Å². The van der Waals surface area contributed by atoms with Gasteiger partial charge in [0.2, 0.25) is 16.0 Å². The normalized spacial score (nSPS) is 23.0. The molecular formula is C13H23N5O2S. The van der Waals surface area contributed by atoms with Gasteiger partial charge in [-0.1, -0.05) is 0 Å². The van der Waals surface area contributed by atoms with Crippen LogP contribution in [0.3, 0.4) is 0 Å². The molecule has 0 atom stereocenters. The fraction of sp³-hybridized carbons (Fsp3) is 0.692. The van der Waals surface area contributed by atoms with Crippen LogP contribution in [0.2, 0.25) is 0 Å². The van der Waals surface area contributed by atoms with Crippen molar-refractivity contribution in [2.45, 2.75) is 38.6 Å². The Labute approximate surface area is 125 Å². The Morgan fingerprint density at radius 3 is 2.62 bits per heavy atom. The van der Waals surface area contributed by atoms with Crippen LogP contribution in [0.15, 0.2) is 6.20 Å². The largest absolute Gasteiger partial charge is 0.368 e. The summed E-state index contributed by atoms with van der Waals surface area (Å²) in [5, 5.41) is 3.39. The topological polar surface area (TPSA) is 110 Å². The van der Waals surface area contributed by atoms with E-state index in [0.717, 1.165) is 37.1 Å². The predicted molar refractivity (Wildman–Crippen MR) is 83.4 cm³/mol. The number of nitrogens with one attached hydrogen (secondary N) is 2. The standard InChI is InChI=1S/C13H23N5O2S/c1-9-7-16-13(14)18-12(9)17-11-5-3-10(4-6-11)8-21(19,20)15-2/h7,10-11,15H,3-6,8H2,1-2H3,(H3,14,16,17,18)/t10-,11-. The van der Waals surface area contributed by atoms with E-state index in [2.05, 4.69) is 20.0 Å². The van der Waals surface area contributed by atoms with Crippen LogP contribution < -0.4 is 15.8 Å². The highest BCUT2D eigenvalue weighted by Crippen LogP contribution is 2.27. The molecule has 4 N–H and O–H groups in total. The molecule has 0 radical (unpaired) electrons. The van der Waals surface area contributed by atoms with Gasteiger partial charge in [-0.25, -0.2) is 18.1 Å². The van der Waals surface area contributed by atoms with Gasteiger partial charge in [-0.15, -0.1) is 0 Å². The third-order valence-corrected chi connectivity index (χ3v) is 5.48. The van der Waals surface area contributed by atoms with Gasteiger partial charge in [0, 0.05) is 17.8 Å². The maximum Gasteiger partial charge on any atom is 0.221 e. The smallest absolute Gasteiger partial charge is 0.221 e. The number of nitrogens with zero attached hydrogens (tertiary/aromatic N) is 2. The first-order valence-corrected chi connectivity index (χ1v) is 8.81. The van der Waals surface area contributed by atoms with E-state index >= 15 is 0 Å². The van der Waals surface area contributed by atoms with Gasteiger partial charge in [0.1, 0.15) is 5.82 Å². The van der Waals surface area contributed by atoms with Crippen LogP contribution >= 0.6 is 0 Å². The first kappa shape index (κ1) is 16.0. The van der Waals surface area contributed by atoms with Gasteiger partial charge < -0.3 is 11.1 Å². The van der Waals surface area contributed by atoms with Gasteiger partial charge in [0.15, 0.2) is 0 Å².